The number of carbonyl (C=O) groups is 2. The monoisotopic (exact) mass is 424 g/mol. The van der Waals surface area contributed by atoms with Gasteiger partial charge in [0.15, 0.2) is 0 Å². The predicted molar refractivity (Wildman–Crippen MR) is 116 cm³/mol. The highest BCUT2D eigenvalue weighted by Gasteiger charge is 2.47. The number of piperidine rings is 1. The summed E-state index contributed by atoms with van der Waals surface area (Å²) in [4.78, 5) is 27.4. The first kappa shape index (κ1) is 19.2. The van der Waals surface area contributed by atoms with Gasteiger partial charge in [0.2, 0.25) is 0 Å². The number of hydrogen-bond acceptors (Lipinski definition) is 2. The van der Waals surface area contributed by atoms with Crippen LogP contribution in [-0.4, -0.2) is 44.8 Å². The van der Waals surface area contributed by atoms with Crippen molar-refractivity contribution in [3.63, 3.8) is 0 Å². The number of pyridine rings is 1. The Morgan fingerprint density at radius 2 is 1.90 bits per heavy atom. The Bertz CT molecular complexity index is 1080. The SMILES string of the molecule is Cn1cc(Cl)cc1C(=O)NC1CC2(CCN(C(=O)c3cc4ccccn4c3)CC2)C1. The lowest BCUT2D eigenvalue weighted by Crippen LogP contribution is -2.55. The molecule has 2 amide bonds. The van der Waals surface area contributed by atoms with E-state index in [4.69, 9.17) is 11.6 Å². The summed E-state index contributed by atoms with van der Waals surface area (Å²) >= 11 is 5.98. The first-order valence-electron chi connectivity index (χ1n) is 10.4. The van der Waals surface area contributed by atoms with Gasteiger partial charge in [-0.2, -0.15) is 0 Å². The van der Waals surface area contributed by atoms with Gasteiger partial charge in [-0.3, -0.25) is 9.59 Å². The molecule has 156 valence electrons. The molecule has 0 radical (unpaired) electrons. The summed E-state index contributed by atoms with van der Waals surface area (Å²) in [6.45, 7) is 1.55. The van der Waals surface area contributed by atoms with Gasteiger partial charge in [-0.1, -0.05) is 17.7 Å². The van der Waals surface area contributed by atoms with Crippen LogP contribution >= 0.6 is 11.6 Å². The van der Waals surface area contributed by atoms with Crippen molar-refractivity contribution >= 4 is 28.9 Å². The van der Waals surface area contributed by atoms with Crippen LogP contribution in [0.5, 0.6) is 0 Å². The molecule has 1 aliphatic heterocycles. The Balaban J connectivity index is 1.15. The van der Waals surface area contributed by atoms with Crippen molar-refractivity contribution in [1.29, 1.82) is 0 Å². The van der Waals surface area contributed by atoms with Crippen LogP contribution in [0.1, 0.15) is 46.5 Å². The first-order valence-corrected chi connectivity index (χ1v) is 10.8. The zero-order chi connectivity index (χ0) is 20.9. The van der Waals surface area contributed by atoms with E-state index < -0.39 is 0 Å². The van der Waals surface area contributed by atoms with E-state index in [0.29, 0.717) is 10.7 Å². The van der Waals surface area contributed by atoms with Crippen molar-refractivity contribution in [2.45, 2.75) is 31.7 Å². The summed E-state index contributed by atoms with van der Waals surface area (Å²) in [5, 5.41) is 3.70. The van der Waals surface area contributed by atoms with Gasteiger partial charge in [0.05, 0.1) is 10.6 Å². The lowest BCUT2D eigenvalue weighted by atomic mass is 9.60. The van der Waals surface area contributed by atoms with Crippen LogP contribution in [0.4, 0.5) is 0 Å². The zero-order valence-corrected chi connectivity index (χ0v) is 17.7. The number of aryl methyl sites for hydroxylation is 1. The topological polar surface area (TPSA) is 58.8 Å². The highest BCUT2D eigenvalue weighted by Crippen LogP contribution is 2.49. The molecule has 1 saturated carbocycles. The van der Waals surface area contributed by atoms with Gasteiger partial charge in [0, 0.05) is 50.3 Å². The van der Waals surface area contributed by atoms with Crippen molar-refractivity contribution in [3.8, 4) is 0 Å². The zero-order valence-electron chi connectivity index (χ0n) is 17.0. The van der Waals surface area contributed by atoms with Gasteiger partial charge in [-0.15, -0.1) is 0 Å². The molecule has 4 heterocycles. The van der Waals surface area contributed by atoms with Crippen LogP contribution in [0.15, 0.2) is 48.9 Å². The normalized spacial score (nSPS) is 18.5. The highest BCUT2D eigenvalue weighted by molar-refractivity contribution is 6.31. The number of fused-ring (bicyclic) bond motifs is 1. The third kappa shape index (κ3) is 3.39. The largest absolute Gasteiger partial charge is 0.348 e. The number of nitrogens with zero attached hydrogens (tertiary/aromatic N) is 3. The lowest BCUT2D eigenvalue weighted by Gasteiger charge is -2.52. The molecule has 0 unspecified atom stereocenters. The molecule has 2 fully saturated rings. The fourth-order valence-corrected chi connectivity index (χ4v) is 5.29. The van der Waals surface area contributed by atoms with E-state index in [2.05, 4.69) is 5.32 Å². The number of hydrogen-bond donors (Lipinski definition) is 1. The molecule has 1 saturated heterocycles. The molecule has 1 N–H and O–H groups in total. The maximum atomic E-state index is 12.9. The molecule has 1 aliphatic carbocycles. The van der Waals surface area contributed by atoms with Crippen LogP contribution in [0.25, 0.3) is 5.52 Å². The summed E-state index contributed by atoms with van der Waals surface area (Å²) in [5.74, 6) is 0.0379. The Morgan fingerprint density at radius 1 is 1.13 bits per heavy atom. The fourth-order valence-electron chi connectivity index (χ4n) is 5.04. The van der Waals surface area contributed by atoms with E-state index in [1.807, 2.05) is 53.0 Å². The van der Waals surface area contributed by atoms with E-state index in [1.54, 1.807) is 16.8 Å². The van der Waals surface area contributed by atoms with E-state index in [-0.39, 0.29) is 23.3 Å². The van der Waals surface area contributed by atoms with Crippen LogP contribution in [0.2, 0.25) is 5.02 Å². The van der Waals surface area contributed by atoms with E-state index >= 15 is 0 Å². The summed E-state index contributed by atoms with van der Waals surface area (Å²) in [6.07, 6.45) is 9.56. The standard InChI is InChI=1S/C23H25ClN4O2/c1-26-15-17(24)11-20(26)21(29)25-18-12-23(13-18)5-8-27(9-6-23)22(30)16-10-19-4-2-3-7-28(19)14-16/h2-4,7,10-11,14-15,18H,5-6,8-9,12-13H2,1H3,(H,25,29). The molecule has 7 heteroatoms. The molecule has 0 atom stereocenters. The second kappa shape index (κ2) is 7.20. The Kier molecular flexibility index (Phi) is 4.62. The molecule has 0 bridgehead atoms. The third-order valence-electron chi connectivity index (χ3n) is 6.76. The molecule has 1 spiro atoms. The second-order valence-electron chi connectivity index (χ2n) is 8.79. The minimum absolute atomic E-state index is 0.0716. The molecule has 30 heavy (non-hydrogen) atoms. The maximum absolute atomic E-state index is 12.9. The average Bonchev–Trinajstić information content (AvgIpc) is 3.29. The van der Waals surface area contributed by atoms with E-state index in [9.17, 15) is 9.59 Å². The van der Waals surface area contributed by atoms with E-state index in [1.165, 1.54) is 0 Å². The number of nitrogens with one attached hydrogen (secondary N) is 1. The fraction of sp³-hybridized carbons (Fsp3) is 0.391. The van der Waals surface area contributed by atoms with Crippen molar-refractivity contribution in [2.75, 3.05) is 13.1 Å². The summed E-state index contributed by atoms with van der Waals surface area (Å²) in [6, 6.07) is 9.80. The Hall–Kier alpha value is -2.73. The number of rotatable bonds is 3. The predicted octanol–water partition coefficient (Wildman–Crippen LogP) is 3.75. The van der Waals surface area contributed by atoms with Crippen molar-refractivity contribution in [2.24, 2.45) is 12.5 Å². The number of aromatic nitrogens is 2. The minimum atomic E-state index is -0.0716. The van der Waals surface area contributed by atoms with Crippen molar-refractivity contribution in [1.82, 2.24) is 19.2 Å². The smallest absolute Gasteiger partial charge is 0.268 e. The molecule has 3 aromatic heterocycles. The quantitative estimate of drug-likeness (QED) is 0.696. The molecule has 2 aliphatic rings. The van der Waals surface area contributed by atoms with Crippen LogP contribution in [-0.2, 0) is 7.05 Å². The van der Waals surface area contributed by atoms with E-state index in [0.717, 1.165) is 49.9 Å². The molecule has 5 rings (SSSR count). The van der Waals surface area contributed by atoms with Gasteiger partial charge in [0.25, 0.3) is 11.8 Å². The third-order valence-corrected chi connectivity index (χ3v) is 6.97. The van der Waals surface area contributed by atoms with Crippen LogP contribution in [0, 0.1) is 5.41 Å². The van der Waals surface area contributed by atoms with Gasteiger partial charge in [0.1, 0.15) is 5.69 Å². The summed E-state index contributed by atoms with van der Waals surface area (Å²) < 4.78 is 3.74. The lowest BCUT2D eigenvalue weighted by molar-refractivity contribution is 0.00855. The van der Waals surface area contributed by atoms with Gasteiger partial charge < -0.3 is 19.2 Å². The molecule has 3 aromatic rings. The number of carbonyl (C=O) groups excluding carboxylic acids is 2. The Labute approximate surface area is 180 Å². The summed E-state index contributed by atoms with van der Waals surface area (Å²) in [5.41, 5.74) is 2.62. The van der Waals surface area contributed by atoms with Gasteiger partial charge >= 0.3 is 0 Å². The average molecular weight is 425 g/mol. The maximum Gasteiger partial charge on any atom is 0.268 e. The van der Waals surface area contributed by atoms with Crippen molar-refractivity contribution in [3.05, 3.63) is 65.2 Å². The first-order chi connectivity index (χ1) is 14.4. The molecule has 6 nitrogen and oxygen atoms in total. The van der Waals surface area contributed by atoms with Crippen molar-refractivity contribution < 1.29 is 9.59 Å². The summed E-state index contributed by atoms with van der Waals surface area (Å²) in [7, 11) is 1.82. The molecule has 0 aromatic carbocycles. The molecular weight excluding hydrogens is 400 g/mol. The van der Waals surface area contributed by atoms with Crippen LogP contribution < -0.4 is 5.32 Å². The number of likely N-dealkylation sites (tertiary alicyclic amines) is 1. The van der Waals surface area contributed by atoms with Gasteiger partial charge in [-0.25, -0.2) is 0 Å². The molecular formula is C23H25ClN4O2. The van der Waals surface area contributed by atoms with Gasteiger partial charge in [-0.05, 0) is 55.4 Å². The highest BCUT2D eigenvalue weighted by atomic mass is 35.5. The number of amides is 2. The Morgan fingerprint density at radius 3 is 2.57 bits per heavy atom. The van der Waals surface area contributed by atoms with Crippen LogP contribution in [0.3, 0.4) is 0 Å². The second-order valence-corrected chi connectivity index (χ2v) is 9.22. The number of halogens is 1. The minimum Gasteiger partial charge on any atom is -0.348 e.